The highest BCUT2D eigenvalue weighted by molar-refractivity contribution is 5.22. The second-order valence-corrected chi connectivity index (χ2v) is 5.26. The zero-order chi connectivity index (χ0) is 10.8. The standard InChI is InChI=1S/C15H21N/c1-2-7-13(8-3-1)14-9-6-12-16-11-5-4-10-15(14)16/h1-3,7-8,14-15H,4-6,9-12H2/t14-,15+/m1/s1. The zero-order valence-electron chi connectivity index (χ0n) is 9.94. The van der Waals surface area contributed by atoms with Crippen LogP contribution in [0.15, 0.2) is 30.3 Å². The Morgan fingerprint density at radius 1 is 0.875 bits per heavy atom. The Morgan fingerprint density at radius 2 is 1.69 bits per heavy atom. The third-order valence-electron chi connectivity index (χ3n) is 4.32. The molecule has 2 saturated heterocycles. The van der Waals surface area contributed by atoms with Crippen LogP contribution in [0, 0.1) is 0 Å². The molecule has 0 bridgehead atoms. The zero-order valence-corrected chi connectivity index (χ0v) is 9.94. The number of benzene rings is 1. The van der Waals surface area contributed by atoms with Crippen LogP contribution in [0.25, 0.3) is 0 Å². The molecule has 1 aromatic carbocycles. The normalized spacial score (nSPS) is 31.0. The average Bonchev–Trinajstić information content (AvgIpc) is 2.39. The lowest BCUT2D eigenvalue weighted by atomic mass is 9.79. The minimum atomic E-state index is 0.801. The molecule has 1 nitrogen and oxygen atoms in total. The minimum Gasteiger partial charge on any atom is -0.300 e. The molecule has 2 fully saturated rings. The van der Waals surface area contributed by atoms with Gasteiger partial charge in [-0.3, -0.25) is 4.90 Å². The number of piperidine rings is 2. The van der Waals surface area contributed by atoms with Crippen molar-refractivity contribution < 1.29 is 0 Å². The fraction of sp³-hybridized carbons (Fsp3) is 0.600. The molecule has 2 heterocycles. The summed E-state index contributed by atoms with van der Waals surface area (Å²) in [6, 6.07) is 12.0. The van der Waals surface area contributed by atoms with Crippen molar-refractivity contribution in [1.82, 2.24) is 4.90 Å². The highest BCUT2D eigenvalue weighted by atomic mass is 15.2. The molecule has 1 aromatic rings. The monoisotopic (exact) mass is 215 g/mol. The van der Waals surface area contributed by atoms with Gasteiger partial charge in [-0.2, -0.15) is 0 Å². The van der Waals surface area contributed by atoms with E-state index in [4.69, 9.17) is 0 Å². The van der Waals surface area contributed by atoms with Crippen molar-refractivity contribution in [2.24, 2.45) is 0 Å². The third-order valence-corrected chi connectivity index (χ3v) is 4.32. The van der Waals surface area contributed by atoms with Gasteiger partial charge in [-0.15, -0.1) is 0 Å². The van der Waals surface area contributed by atoms with Crippen molar-refractivity contribution in [2.75, 3.05) is 13.1 Å². The Hall–Kier alpha value is -0.820. The van der Waals surface area contributed by atoms with Gasteiger partial charge in [0.1, 0.15) is 0 Å². The Labute approximate surface area is 98.5 Å². The maximum absolute atomic E-state index is 2.74. The van der Waals surface area contributed by atoms with Gasteiger partial charge in [-0.25, -0.2) is 0 Å². The van der Waals surface area contributed by atoms with Crippen LogP contribution in [0.1, 0.15) is 43.6 Å². The number of rotatable bonds is 1. The van der Waals surface area contributed by atoms with Gasteiger partial charge in [-0.05, 0) is 50.3 Å². The molecule has 0 aromatic heterocycles. The molecule has 0 aliphatic carbocycles. The first-order chi connectivity index (χ1) is 7.95. The summed E-state index contributed by atoms with van der Waals surface area (Å²) in [7, 11) is 0. The molecule has 0 amide bonds. The van der Waals surface area contributed by atoms with E-state index in [1.165, 1.54) is 45.2 Å². The van der Waals surface area contributed by atoms with E-state index in [9.17, 15) is 0 Å². The van der Waals surface area contributed by atoms with Gasteiger partial charge >= 0.3 is 0 Å². The summed E-state index contributed by atoms with van der Waals surface area (Å²) in [5.74, 6) is 0.801. The molecule has 0 unspecified atom stereocenters. The molecule has 0 saturated carbocycles. The Morgan fingerprint density at radius 3 is 2.56 bits per heavy atom. The lowest BCUT2D eigenvalue weighted by molar-refractivity contribution is 0.0894. The number of hydrogen-bond acceptors (Lipinski definition) is 1. The van der Waals surface area contributed by atoms with E-state index in [0.29, 0.717) is 0 Å². The third kappa shape index (κ3) is 1.89. The topological polar surface area (TPSA) is 3.24 Å². The van der Waals surface area contributed by atoms with Gasteiger partial charge in [0, 0.05) is 6.04 Å². The fourth-order valence-corrected chi connectivity index (χ4v) is 3.55. The van der Waals surface area contributed by atoms with Crippen molar-refractivity contribution in [1.29, 1.82) is 0 Å². The first-order valence-electron chi connectivity index (χ1n) is 6.74. The van der Waals surface area contributed by atoms with Gasteiger partial charge in [0.25, 0.3) is 0 Å². The number of fused-ring (bicyclic) bond motifs is 1. The van der Waals surface area contributed by atoms with Gasteiger partial charge < -0.3 is 0 Å². The van der Waals surface area contributed by atoms with Gasteiger partial charge in [0.2, 0.25) is 0 Å². The van der Waals surface area contributed by atoms with Crippen LogP contribution in [-0.4, -0.2) is 24.0 Å². The SMILES string of the molecule is c1ccc([C@H]2CCCN3CCCC[C@@H]23)cc1. The molecule has 2 atom stereocenters. The number of nitrogens with zero attached hydrogens (tertiary/aromatic N) is 1. The summed E-state index contributed by atoms with van der Waals surface area (Å²) in [6.45, 7) is 2.68. The minimum absolute atomic E-state index is 0.801. The van der Waals surface area contributed by atoms with Gasteiger partial charge in [-0.1, -0.05) is 36.8 Å². The molecule has 0 N–H and O–H groups in total. The van der Waals surface area contributed by atoms with Crippen LogP contribution in [0.5, 0.6) is 0 Å². The molecule has 3 rings (SSSR count). The maximum atomic E-state index is 2.74. The summed E-state index contributed by atoms with van der Waals surface area (Å²) in [6.07, 6.45) is 7.04. The van der Waals surface area contributed by atoms with Gasteiger partial charge in [0.05, 0.1) is 0 Å². The van der Waals surface area contributed by atoms with E-state index in [0.717, 1.165) is 12.0 Å². The molecule has 86 valence electrons. The van der Waals surface area contributed by atoms with Crippen LogP contribution in [0.2, 0.25) is 0 Å². The van der Waals surface area contributed by atoms with Crippen LogP contribution < -0.4 is 0 Å². The van der Waals surface area contributed by atoms with Crippen molar-refractivity contribution in [3.8, 4) is 0 Å². The molecule has 2 aliphatic rings. The Kier molecular flexibility index (Phi) is 2.96. The largest absolute Gasteiger partial charge is 0.300 e. The predicted molar refractivity (Wildman–Crippen MR) is 67.6 cm³/mol. The smallest absolute Gasteiger partial charge is 0.0164 e. The lowest BCUT2D eigenvalue weighted by Gasteiger charge is -2.44. The van der Waals surface area contributed by atoms with Crippen LogP contribution in [0.4, 0.5) is 0 Å². The van der Waals surface area contributed by atoms with E-state index in [1.807, 2.05) is 0 Å². The molecule has 1 heteroatoms. The number of hydrogen-bond donors (Lipinski definition) is 0. The van der Waals surface area contributed by atoms with Crippen molar-refractivity contribution in [3.05, 3.63) is 35.9 Å². The quantitative estimate of drug-likeness (QED) is 0.694. The molecular weight excluding hydrogens is 194 g/mol. The van der Waals surface area contributed by atoms with Crippen molar-refractivity contribution >= 4 is 0 Å². The highest BCUT2D eigenvalue weighted by Crippen LogP contribution is 2.37. The molecule has 2 aliphatic heterocycles. The maximum Gasteiger partial charge on any atom is 0.0164 e. The summed E-state index contributed by atoms with van der Waals surface area (Å²) >= 11 is 0. The summed E-state index contributed by atoms with van der Waals surface area (Å²) in [5, 5.41) is 0. The van der Waals surface area contributed by atoms with E-state index < -0.39 is 0 Å². The first-order valence-corrected chi connectivity index (χ1v) is 6.74. The van der Waals surface area contributed by atoms with E-state index >= 15 is 0 Å². The summed E-state index contributed by atoms with van der Waals surface area (Å²) in [5.41, 5.74) is 1.57. The van der Waals surface area contributed by atoms with Crippen LogP contribution in [0.3, 0.4) is 0 Å². The Bertz CT molecular complexity index is 331. The molecule has 0 spiro atoms. The highest BCUT2D eigenvalue weighted by Gasteiger charge is 2.33. The van der Waals surface area contributed by atoms with E-state index in [1.54, 1.807) is 5.56 Å². The molecule has 0 radical (unpaired) electrons. The fourth-order valence-electron chi connectivity index (χ4n) is 3.55. The van der Waals surface area contributed by atoms with E-state index in [-0.39, 0.29) is 0 Å². The Balaban J connectivity index is 1.83. The lowest BCUT2D eigenvalue weighted by Crippen LogP contribution is -2.46. The first kappa shape index (κ1) is 10.3. The van der Waals surface area contributed by atoms with Crippen molar-refractivity contribution in [3.63, 3.8) is 0 Å². The molecule has 16 heavy (non-hydrogen) atoms. The summed E-state index contributed by atoms with van der Waals surface area (Å²) < 4.78 is 0. The van der Waals surface area contributed by atoms with E-state index in [2.05, 4.69) is 35.2 Å². The second kappa shape index (κ2) is 4.58. The van der Waals surface area contributed by atoms with Crippen LogP contribution in [-0.2, 0) is 0 Å². The van der Waals surface area contributed by atoms with Crippen LogP contribution >= 0.6 is 0 Å². The molecular formula is C15H21N. The summed E-state index contributed by atoms with van der Waals surface area (Å²) in [4.78, 5) is 2.74. The van der Waals surface area contributed by atoms with Crippen molar-refractivity contribution in [2.45, 2.75) is 44.1 Å². The second-order valence-electron chi connectivity index (χ2n) is 5.26. The van der Waals surface area contributed by atoms with Gasteiger partial charge in [0.15, 0.2) is 0 Å². The average molecular weight is 215 g/mol. The predicted octanol–water partition coefficient (Wildman–Crippen LogP) is 3.42.